The van der Waals surface area contributed by atoms with Crippen LogP contribution in [0.25, 0.3) is 0 Å². The molecule has 2 aromatic heterocycles. The molecule has 0 fully saturated rings. The molecule has 0 bridgehead atoms. The molecule has 0 aromatic carbocycles. The summed E-state index contributed by atoms with van der Waals surface area (Å²) in [6.07, 6.45) is 4.81. The van der Waals surface area contributed by atoms with Crippen LogP contribution in [0, 0.1) is 0 Å². The molecular formula is C11H12BrClN4O2S. The fourth-order valence-electron chi connectivity index (χ4n) is 1.59. The Morgan fingerprint density at radius 1 is 1.45 bits per heavy atom. The minimum atomic E-state index is -3.73. The molecule has 20 heavy (non-hydrogen) atoms. The number of sulfonamides is 1. The smallest absolute Gasteiger partial charge is 0.246 e. The van der Waals surface area contributed by atoms with Gasteiger partial charge in [0.15, 0.2) is 0 Å². The van der Waals surface area contributed by atoms with E-state index >= 15 is 0 Å². The molecule has 108 valence electrons. The third kappa shape index (κ3) is 3.03. The van der Waals surface area contributed by atoms with Gasteiger partial charge in [-0.1, -0.05) is 11.6 Å². The molecule has 6 nitrogen and oxygen atoms in total. The molecule has 0 atom stereocenters. The maximum absolute atomic E-state index is 12.5. The van der Waals surface area contributed by atoms with Crippen LogP contribution < -0.4 is 0 Å². The molecule has 2 rings (SSSR count). The molecule has 0 radical (unpaired) electrons. The van der Waals surface area contributed by atoms with Crippen molar-refractivity contribution < 1.29 is 8.42 Å². The number of hydrogen-bond acceptors (Lipinski definition) is 4. The van der Waals surface area contributed by atoms with E-state index in [1.54, 1.807) is 24.0 Å². The van der Waals surface area contributed by atoms with Crippen molar-refractivity contribution in [2.24, 2.45) is 7.05 Å². The van der Waals surface area contributed by atoms with Crippen LogP contribution in [0.15, 0.2) is 34.0 Å². The minimum Gasteiger partial charge on any atom is -0.337 e. The Morgan fingerprint density at radius 2 is 2.15 bits per heavy atom. The van der Waals surface area contributed by atoms with Crippen LogP contribution in [0.3, 0.4) is 0 Å². The first kappa shape index (κ1) is 15.4. The van der Waals surface area contributed by atoms with Crippen molar-refractivity contribution in [2.45, 2.75) is 11.4 Å². The largest absolute Gasteiger partial charge is 0.337 e. The van der Waals surface area contributed by atoms with E-state index < -0.39 is 10.0 Å². The topological polar surface area (TPSA) is 68.1 Å². The number of imidazole rings is 1. The van der Waals surface area contributed by atoms with Crippen LogP contribution in [-0.2, 0) is 23.6 Å². The Kier molecular flexibility index (Phi) is 4.48. The Hall–Kier alpha value is -0.960. The van der Waals surface area contributed by atoms with Gasteiger partial charge >= 0.3 is 0 Å². The van der Waals surface area contributed by atoms with Crippen molar-refractivity contribution in [3.63, 3.8) is 0 Å². The quantitative estimate of drug-likeness (QED) is 0.763. The summed E-state index contributed by atoms with van der Waals surface area (Å²) < 4.78 is 28.5. The van der Waals surface area contributed by atoms with E-state index in [4.69, 9.17) is 11.6 Å². The fraction of sp³-hybridized carbons (Fsp3) is 0.273. The second-order valence-electron chi connectivity index (χ2n) is 4.16. The number of nitrogens with zero attached hydrogens (tertiary/aromatic N) is 4. The minimum absolute atomic E-state index is 0.0368. The summed E-state index contributed by atoms with van der Waals surface area (Å²) in [6, 6.07) is 1.43. The van der Waals surface area contributed by atoms with Crippen molar-refractivity contribution in [3.8, 4) is 0 Å². The molecule has 0 unspecified atom stereocenters. The molecule has 0 saturated heterocycles. The maximum Gasteiger partial charge on any atom is 0.246 e. The summed E-state index contributed by atoms with van der Waals surface area (Å²) in [6.45, 7) is 0.147. The normalized spacial score (nSPS) is 12.1. The molecule has 0 aliphatic heterocycles. The fourth-order valence-corrected chi connectivity index (χ4v) is 3.63. The lowest BCUT2D eigenvalue weighted by Crippen LogP contribution is -2.28. The van der Waals surface area contributed by atoms with Crippen LogP contribution in [-0.4, -0.2) is 34.3 Å². The average molecular weight is 380 g/mol. The molecular weight excluding hydrogens is 368 g/mol. The van der Waals surface area contributed by atoms with Crippen LogP contribution in [0.2, 0.25) is 5.15 Å². The molecule has 0 spiro atoms. The third-order valence-corrected chi connectivity index (χ3v) is 5.41. The summed E-state index contributed by atoms with van der Waals surface area (Å²) in [5, 5.41) is -0.0557. The van der Waals surface area contributed by atoms with E-state index in [0.717, 1.165) is 0 Å². The predicted molar refractivity (Wildman–Crippen MR) is 78.8 cm³/mol. The Labute approximate surface area is 130 Å². The van der Waals surface area contributed by atoms with E-state index in [2.05, 4.69) is 25.9 Å². The highest BCUT2D eigenvalue weighted by molar-refractivity contribution is 9.10. The second-order valence-corrected chi connectivity index (χ2v) is 7.44. The van der Waals surface area contributed by atoms with E-state index in [0.29, 0.717) is 10.3 Å². The second kappa shape index (κ2) is 5.80. The van der Waals surface area contributed by atoms with Gasteiger partial charge in [0, 0.05) is 37.2 Å². The maximum atomic E-state index is 12.5. The van der Waals surface area contributed by atoms with Crippen LogP contribution in [0.4, 0.5) is 0 Å². The van der Waals surface area contributed by atoms with Gasteiger partial charge in [0.05, 0.1) is 6.54 Å². The first-order chi connectivity index (χ1) is 9.32. The molecule has 0 saturated carbocycles. The van der Waals surface area contributed by atoms with Crippen LogP contribution >= 0.6 is 27.5 Å². The van der Waals surface area contributed by atoms with Gasteiger partial charge in [-0.2, -0.15) is 4.31 Å². The summed E-state index contributed by atoms with van der Waals surface area (Å²) in [7, 11) is -0.454. The van der Waals surface area contributed by atoms with Crippen LogP contribution in [0.5, 0.6) is 0 Å². The zero-order valence-electron chi connectivity index (χ0n) is 10.8. The number of pyridine rings is 1. The Morgan fingerprint density at radius 3 is 2.75 bits per heavy atom. The van der Waals surface area contributed by atoms with Crippen molar-refractivity contribution in [2.75, 3.05) is 7.05 Å². The molecule has 0 amide bonds. The van der Waals surface area contributed by atoms with Gasteiger partial charge in [0.2, 0.25) is 10.0 Å². The standard InChI is InChI=1S/C11H12BrClN4O2S/c1-16-4-3-14-10(16)7-17(2)20(18,19)9-5-8(12)6-15-11(9)13/h3-6H,7H2,1-2H3. The van der Waals surface area contributed by atoms with Crippen molar-refractivity contribution in [1.29, 1.82) is 0 Å². The number of halogens is 2. The molecule has 0 aliphatic rings. The van der Waals surface area contributed by atoms with Gasteiger partial charge in [0.25, 0.3) is 0 Å². The van der Waals surface area contributed by atoms with E-state index in [9.17, 15) is 8.42 Å². The average Bonchev–Trinajstić information content (AvgIpc) is 2.78. The lowest BCUT2D eigenvalue weighted by atomic mass is 10.5. The monoisotopic (exact) mass is 378 g/mol. The van der Waals surface area contributed by atoms with E-state index in [1.165, 1.54) is 23.6 Å². The zero-order chi connectivity index (χ0) is 14.9. The van der Waals surface area contributed by atoms with E-state index in [1.807, 2.05) is 0 Å². The van der Waals surface area contributed by atoms with Crippen molar-refractivity contribution in [1.82, 2.24) is 18.8 Å². The first-order valence-electron chi connectivity index (χ1n) is 5.56. The lowest BCUT2D eigenvalue weighted by Gasteiger charge is -2.17. The van der Waals surface area contributed by atoms with Gasteiger partial charge in [-0.25, -0.2) is 18.4 Å². The SMILES string of the molecule is CN(Cc1nccn1C)S(=O)(=O)c1cc(Br)cnc1Cl. The van der Waals surface area contributed by atoms with Gasteiger partial charge in [-0.15, -0.1) is 0 Å². The highest BCUT2D eigenvalue weighted by atomic mass is 79.9. The number of rotatable bonds is 4. The number of hydrogen-bond donors (Lipinski definition) is 0. The van der Waals surface area contributed by atoms with Crippen LogP contribution in [0.1, 0.15) is 5.82 Å². The number of aryl methyl sites for hydroxylation is 1. The lowest BCUT2D eigenvalue weighted by molar-refractivity contribution is 0.451. The summed E-state index contributed by atoms with van der Waals surface area (Å²) in [4.78, 5) is 7.90. The predicted octanol–water partition coefficient (Wildman–Crippen LogP) is 2.05. The van der Waals surface area contributed by atoms with Gasteiger partial charge in [-0.3, -0.25) is 0 Å². The summed E-state index contributed by atoms with van der Waals surface area (Å²) >= 11 is 9.07. The van der Waals surface area contributed by atoms with Gasteiger partial charge in [0.1, 0.15) is 15.9 Å². The summed E-state index contributed by atoms with van der Waals surface area (Å²) in [5.74, 6) is 0.634. The Balaban J connectivity index is 2.35. The van der Waals surface area contributed by atoms with Gasteiger partial charge < -0.3 is 4.57 Å². The molecule has 2 heterocycles. The Bertz CT molecular complexity index is 732. The highest BCUT2D eigenvalue weighted by Gasteiger charge is 2.25. The molecule has 2 aromatic rings. The highest BCUT2D eigenvalue weighted by Crippen LogP contribution is 2.25. The number of aromatic nitrogens is 3. The summed E-state index contributed by atoms with van der Waals surface area (Å²) in [5.41, 5.74) is 0. The van der Waals surface area contributed by atoms with Crippen molar-refractivity contribution in [3.05, 3.63) is 40.1 Å². The molecule has 9 heteroatoms. The zero-order valence-corrected chi connectivity index (χ0v) is 13.9. The molecule has 0 N–H and O–H groups in total. The molecule has 0 aliphatic carbocycles. The third-order valence-electron chi connectivity index (χ3n) is 2.75. The first-order valence-corrected chi connectivity index (χ1v) is 8.17. The van der Waals surface area contributed by atoms with E-state index in [-0.39, 0.29) is 16.6 Å². The van der Waals surface area contributed by atoms with Gasteiger partial charge in [-0.05, 0) is 22.0 Å². The van der Waals surface area contributed by atoms with Crippen molar-refractivity contribution >= 4 is 37.6 Å².